The van der Waals surface area contributed by atoms with Gasteiger partial charge in [0.2, 0.25) is 15.9 Å². The highest BCUT2D eigenvalue weighted by atomic mass is 32.2. The number of carbonyl (C=O) groups excluding carboxylic acids is 2. The maximum absolute atomic E-state index is 13.5. The number of hydrogen-bond donors (Lipinski definition) is 3. The van der Waals surface area contributed by atoms with Gasteiger partial charge >= 0.3 is 0 Å². The van der Waals surface area contributed by atoms with Crippen LogP contribution in [0.3, 0.4) is 0 Å². The maximum Gasteiger partial charge on any atom is 0.271 e. The fraction of sp³-hybridized carbons (Fsp3) is 0.565. The van der Waals surface area contributed by atoms with Crippen molar-refractivity contribution in [2.24, 2.45) is 5.73 Å². The van der Waals surface area contributed by atoms with E-state index in [1.165, 1.54) is 16.6 Å². The van der Waals surface area contributed by atoms with E-state index < -0.39 is 21.8 Å². The van der Waals surface area contributed by atoms with E-state index in [9.17, 15) is 18.0 Å². The third-order valence-electron chi connectivity index (χ3n) is 6.69. The summed E-state index contributed by atoms with van der Waals surface area (Å²) in [5.41, 5.74) is 6.32. The Bertz CT molecular complexity index is 1270. The predicted octanol–water partition coefficient (Wildman–Crippen LogP) is 0.0609. The molecular weight excluding hydrogens is 500 g/mol. The van der Waals surface area contributed by atoms with E-state index in [1.54, 1.807) is 11.6 Å². The Labute approximate surface area is 216 Å². The third-order valence-corrected chi connectivity index (χ3v) is 8.55. The van der Waals surface area contributed by atoms with Crippen LogP contribution in [0.1, 0.15) is 53.4 Å². The highest BCUT2D eigenvalue weighted by Gasteiger charge is 2.32. The van der Waals surface area contributed by atoms with Crippen LogP contribution in [0.15, 0.2) is 17.2 Å². The summed E-state index contributed by atoms with van der Waals surface area (Å²) in [6.07, 6.45) is 1.69. The molecule has 0 unspecified atom stereocenters. The van der Waals surface area contributed by atoms with Crippen molar-refractivity contribution in [3.05, 3.63) is 29.2 Å². The van der Waals surface area contributed by atoms with Gasteiger partial charge in [-0.2, -0.15) is 9.40 Å². The van der Waals surface area contributed by atoms with E-state index in [4.69, 9.17) is 10.5 Å². The Morgan fingerprint density at radius 2 is 1.89 bits per heavy atom. The SMILES string of the molecule is CCOc1ncc(S(=O)(=O)N2CCN(CC)CC2)cc1C(=O)Nc1c(C(N)=O)nn(C2CNC2)c1CC. The molecule has 2 amide bonds. The van der Waals surface area contributed by atoms with Crippen molar-refractivity contribution in [1.29, 1.82) is 0 Å². The van der Waals surface area contributed by atoms with Crippen LogP contribution in [0.2, 0.25) is 0 Å². The molecule has 4 heterocycles. The number of primary amides is 1. The first-order chi connectivity index (χ1) is 17.7. The molecule has 0 radical (unpaired) electrons. The first-order valence-electron chi connectivity index (χ1n) is 12.5. The maximum atomic E-state index is 13.5. The normalized spacial score (nSPS) is 17.4. The number of carbonyl (C=O) groups is 2. The minimum absolute atomic E-state index is 0.0102. The van der Waals surface area contributed by atoms with E-state index in [2.05, 4.69) is 25.6 Å². The fourth-order valence-electron chi connectivity index (χ4n) is 4.46. The highest BCUT2D eigenvalue weighted by Crippen LogP contribution is 2.29. The molecule has 2 aromatic rings. The number of nitrogens with one attached hydrogen (secondary N) is 2. The van der Waals surface area contributed by atoms with Crippen molar-refractivity contribution < 1.29 is 22.7 Å². The first kappa shape index (κ1) is 27.0. The second kappa shape index (κ2) is 11.1. The number of aromatic nitrogens is 3. The van der Waals surface area contributed by atoms with Gasteiger partial charge in [0.1, 0.15) is 10.5 Å². The Morgan fingerprint density at radius 1 is 1.19 bits per heavy atom. The summed E-state index contributed by atoms with van der Waals surface area (Å²) >= 11 is 0. The van der Waals surface area contributed by atoms with E-state index in [0.717, 1.165) is 6.54 Å². The summed E-state index contributed by atoms with van der Waals surface area (Å²) in [7, 11) is -3.88. The number of rotatable bonds is 10. The van der Waals surface area contributed by atoms with Gasteiger partial charge in [0.05, 0.1) is 30.2 Å². The molecule has 202 valence electrons. The lowest BCUT2D eigenvalue weighted by molar-refractivity contribution is 0.0994. The topological polar surface area (TPSA) is 165 Å². The Balaban J connectivity index is 1.68. The number of nitrogens with zero attached hydrogens (tertiary/aromatic N) is 5. The van der Waals surface area contributed by atoms with Gasteiger partial charge in [-0.05, 0) is 26.0 Å². The van der Waals surface area contributed by atoms with E-state index in [-0.39, 0.29) is 40.4 Å². The summed E-state index contributed by atoms with van der Waals surface area (Å²) < 4.78 is 35.4. The van der Waals surface area contributed by atoms with Crippen molar-refractivity contribution in [3.63, 3.8) is 0 Å². The molecule has 0 spiro atoms. The molecule has 13 nitrogen and oxygen atoms in total. The van der Waals surface area contributed by atoms with Crippen molar-refractivity contribution in [2.45, 2.75) is 38.1 Å². The van der Waals surface area contributed by atoms with E-state index in [1.807, 2.05) is 13.8 Å². The second-order valence-electron chi connectivity index (χ2n) is 8.89. The molecule has 2 aliphatic rings. The first-order valence-corrected chi connectivity index (χ1v) is 13.9. The fourth-order valence-corrected chi connectivity index (χ4v) is 5.86. The quantitative estimate of drug-likeness (QED) is 0.382. The molecule has 2 fully saturated rings. The second-order valence-corrected chi connectivity index (χ2v) is 10.8. The largest absolute Gasteiger partial charge is 0.477 e. The Hall–Kier alpha value is -3.07. The summed E-state index contributed by atoms with van der Waals surface area (Å²) in [6, 6.07) is 1.31. The van der Waals surface area contributed by atoms with E-state index >= 15 is 0 Å². The van der Waals surface area contributed by atoms with Crippen LogP contribution in [0, 0.1) is 0 Å². The van der Waals surface area contributed by atoms with Crippen LogP contribution in [-0.4, -0.2) is 96.6 Å². The van der Waals surface area contributed by atoms with Crippen molar-refractivity contribution in [2.75, 3.05) is 57.7 Å². The number of hydrogen-bond acceptors (Lipinski definition) is 9. The molecule has 4 rings (SSSR count). The number of likely N-dealkylation sites (N-methyl/N-ethyl adjacent to an activating group) is 1. The zero-order valence-electron chi connectivity index (χ0n) is 21.4. The van der Waals surface area contributed by atoms with Gasteiger partial charge in [-0.3, -0.25) is 14.3 Å². The summed E-state index contributed by atoms with van der Waals surface area (Å²) in [4.78, 5) is 31.9. The zero-order valence-corrected chi connectivity index (χ0v) is 22.2. The van der Waals surface area contributed by atoms with Crippen LogP contribution in [0.4, 0.5) is 5.69 Å². The number of ether oxygens (including phenoxy) is 1. The molecule has 0 aromatic carbocycles. The predicted molar refractivity (Wildman–Crippen MR) is 136 cm³/mol. The standard InChI is InChI=1S/C23H34N8O5S/c1-4-18-19(20(21(24)32)28-31(18)15-12-25-13-15)27-22(33)17-11-16(14-26-23(17)36-6-3)37(34,35)30-9-7-29(5-2)8-10-30/h11,14-15,25H,4-10,12-13H2,1-3H3,(H2,24,32)(H,27,33). The summed E-state index contributed by atoms with van der Waals surface area (Å²) in [6.45, 7) is 10.1. The number of anilines is 1. The number of nitrogens with two attached hydrogens (primary N) is 1. The van der Waals surface area contributed by atoms with E-state index in [0.29, 0.717) is 51.4 Å². The number of piperazine rings is 1. The van der Waals surface area contributed by atoms with Gasteiger partial charge in [0, 0.05) is 39.3 Å². The van der Waals surface area contributed by atoms with Gasteiger partial charge in [-0.1, -0.05) is 13.8 Å². The molecule has 0 atom stereocenters. The van der Waals surface area contributed by atoms with Crippen molar-refractivity contribution >= 4 is 27.5 Å². The van der Waals surface area contributed by atoms with Gasteiger partial charge in [-0.25, -0.2) is 13.4 Å². The number of pyridine rings is 1. The average Bonchev–Trinajstić information content (AvgIpc) is 3.20. The van der Waals surface area contributed by atoms with Gasteiger partial charge in [0.15, 0.2) is 5.69 Å². The number of sulfonamides is 1. The van der Waals surface area contributed by atoms with Gasteiger partial charge in [0.25, 0.3) is 11.8 Å². The van der Waals surface area contributed by atoms with Crippen LogP contribution in [0.5, 0.6) is 5.88 Å². The smallest absolute Gasteiger partial charge is 0.271 e. The van der Waals surface area contributed by atoms with Crippen LogP contribution >= 0.6 is 0 Å². The van der Waals surface area contributed by atoms with Gasteiger partial charge in [-0.15, -0.1) is 0 Å². The molecule has 0 aliphatic carbocycles. The Kier molecular flexibility index (Phi) is 8.11. The average molecular weight is 535 g/mol. The molecular formula is C23H34N8O5S. The van der Waals surface area contributed by atoms with Crippen molar-refractivity contribution in [1.82, 2.24) is 29.3 Å². The van der Waals surface area contributed by atoms with Crippen LogP contribution in [0.25, 0.3) is 0 Å². The summed E-state index contributed by atoms with van der Waals surface area (Å²) in [5.74, 6) is -1.46. The third kappa shape index (κ3) is 5.32. The summed E-state index contributed by atoms with van der Waals surface area (Å²) in [5, 5.41) is 10.3. The van der Waals surface area contributed by atoms with Gasteiger partial charge < -0.3 is 26.0 Å². The van der Waals surface area contributed by atoms with Crippen LogP contribution < -0.4 is 21.1 Å². The minimum atomic E-state index is -3.88. The lowest BCUT2D eigenvalue weighted by atomic mass is 10.1. The monoisotopic (exact) mass is 534 g/mol. The van der Waals surface area contributed by atoms with Crippen LogP contribution in [-0.2, 0) is 16.4 Å². The Morgan fingerprint density at radius 3 is 2.43 bits per heavy atom. The molecule has 2 aromatic heterocycles. The molecule has 14 heteroatoms. The molecule has 2 saturated heterocycles. The molecule has 37 heavy (non-hydrogen) atoms. The van der Waals surface area contributed by atoms with Crippen molar-refractivity contribution in [3.8, 4) is 5.88 Å². The zero-order chi connectivity index (χ0) is 26.7. The lowest BCUT2D eigenvalue weighted by Gasteiger charge is -2.33. The molecule has 0 saturated carbocycles. The number of amides is 2. The minimum Gasteiger partial charge on any atom is -0.477 e. The molecule has 0 bridgehead atoms. The lowest BCUT2D eigenvalue weighted by Crippen LogP contribution is -2.48. The highest BCUT2D eigenvalue weighted by molar-refractivity contribution is 7.89. The molecule has 4 N–H and O–H groups in total. The molecule has 2 aliphatic heterocycles.